The highest BCUT2D eigenvalue weighted by Crippen LogP contribution is 2.26. The van der Waals surface area contributed by atoms with Crippen LogP contribution in [0.2, 0.25) is 0 Å². The van der Waals surface area contributed by atoms with Gasteiger partial charge in [-0.05, 0) is 17.7 Å². The molecule has 1 aliphatic rings. The van der Waals surface area contributed by atoms with Crippen molar-refractivity contribution in [3.05, 3.63) is 29.7 Å². The van der Waals surface area contributed by atoms with E-state index >= 15 is 0 Å². The van der Waals surface area contributed by atoms with Gasteiger partial charge in [0, 0.05) is 20.5 Å². The Kier molecular flexibility index (Phi) is 2.07. The zero-order chi connectivity index (χ0) is 12.0. The first-order chi connectivity index (χ1) is 8.15. The van der Waals surface area contributed by atoms with Gasteiger partial charge in [-0.2, -0.15) is 0 Å². The maximum absolute atomic E-state index is 11.4. The highest BCUT2D eigenvalue weighted by molar-refractivity contribution is 5.78. The molecule has 2 heterocycles. The molecule has 88 valence electrons. The van der Waals surface area contributed by atoms with Crippen LogP contribution in [0.25, 0.3) is 11.1 Å². The van der Waals surface area contributed by atoms with Crippen LogP contribution in [-0.2, 0) is 0 Å². The third kappa shape index (κ3) is 1.54. The van der Waals surface area contributed by atoms with Crippen molar-refractivity contribution in [2.45, 2.75) is 13.0 Å². The first-order valence-electron chi connectivity index (χ1n) is 5.53. The molecule has 1 aliphatic heterocycles. The predicted molar refractivity (Wildman–Crippen MR) is 62.6 cm³/mol. The van der Waals surface area contributed by atoms with Crippen molar-refractivity contribution in [2.24, 2.45) is 0 Å². The molecule has 17 heavy (non-hydrogen) atoms. The van der Waals surface area contributed by atoms with Crippen molar-refractivity contribution in [1.29, 1.82) is 0 Å². The summed E-state index contributed by atoms with van der Waals surface area (Å²) in [6.45, 7) is 2.46. The van der Waals surface area contributed by atoms with Gasteiger partial charge in [0.25, 0.3) is 0 Å². The number of fused-ring (bicyclic) bond motifs is 1. The number of aryl methyl sites for hydroxylation is 1. The summed E-state index contributed by atoms with van der Waals surface area (Å²) >= 11 is 0. The maximum atomic E-state index is 11.4. The van der Waals surface area contributed by atoms with Crippen LogP contribution in [0.3, 0.4) is 0 Å². The average Bonchev–Trinajstić information content (AvgIpc) is 2.81. The summed E-state index contributed by atoms with van der Waals surface area (Å²) in [4.78, 5) is 17.4. The summed E-state index contributed by atoms with van der Waals surface area (Å²) in [7, 11) is 1.79. The number of carbonyl (C=O) groups excluding carboxylic acids is 1. The molecule has 1 atom stereocenters. The van der Waals surface area contributed by atoms with Crippen LogP contribution in [0.5, 0.6) is 0 Å². The van der Waals surface area contributed by atoms with E-state index < -0.39 is 0 Å². The lowest BCUT2D eigenvalue weighted by Crippen LogP contribution is -2.25. The van der Waals surface area contributed by atoms with E-state index in [1.807, 2.05) is 25.1 Å². The van der Waals surface area contributed by atoms with Gasteiger partial charge >= 0.3 is 6.03 Å². The number of oxazole rings is 1. The van der Waals surface area contributed by atoms with Crippen LogP contribution in [0.1, 0.15) is 17.5 Å². The third-order valence-electron chi connectivity index (χ3n) is 3.14. The van der Waals surface area contributed by atoms with Crippen molar-refractivity contribution in [3.63, 3.8) is 0 Å². The van der Waals surface area contributed by atoms with E-state index in [9.17, 15) is 4.79 Å². The van der Waals surface area contributed by atoms with Crippen molar-refractivity contribution >= 4 is 17.1 Å². The van der Waals surface area contributed by atoms with E-state index in [1.165, 1.54) is 0 Å². The van der Waals surface area contributed by atoms with E-state index in [0.717, 1.165) is 16.7 Å². The van der Waals surface area contributed by atoms with Gasteiger partial charge < -0.3 is 14.6 Å². The fourth-order valence-electron chi connectivity index (χ4n) is 2.19. The van der Waals surface area contributed by atoms with Crippen molar-refractivity contribution in [3.8, 4) is 0 Å². The molecule has 0 radical (unpaired) electrons. The van der Waals surface area contributed by atoms with E-state index in [1.54, 1.807) is 11.9 Å². The van der Waals surface area contributed by atoms with Crippen LogP contribution in [0.4, 0.5) is 4.79 Å². The van der Waals surface area contributed by atoms with E-state index in [-0.39, 0.29) is 12.1 Å². The minimum atomic E-state index is -0.0381. The summed E-state index contributed by atoms with van der Waals surface area (Å²) < 4.78 is 5.50. The van der Waals surface area contributed by atoms with Crippen LogP contribution < -0.4 is 5.32 Å². The van der Waals surface area contributed by atoms with E-state index in [2.05, 4.69) is 10.3 Å². The molecule has 3 rings (SSSR count). The van der Waals surface area contributed by atoms with Gasteiger partial charge in [-0.25, -0.2) is 9.78 Å². The van der Waals surface area contributed by atoms with E-state index in [4.69, 9.17) is 4.42 Å². The zero-order valence-corrected chi connectivity index (χ0v) is 9.73. The Morgan fingerprint density at radius 3 is 3.06 bits per heavy atom. The van der Waals surface area contributed by atoms with Gasteiger partial charge in [0.15, 0.2) is 11.5 Å². The van der Waals surface area contributed by atoms with Gasteiger partial charge in [-0.15, -0.1) is 0 Å². The van der Waals surface area contributed by atoms with Crippen molar-refractivity contribution in [1.82, 2.24) is 15.2 Å². The van der Waals surface area contributed by atoms with Gasteiger partial charge in [0.1, 0.15) is 5.52 Å². The molecule has 0 aliphatic carbocycles. The lowest BCUT2D eigenvalue weighted by Gasteiger charge is -2.17. The molecule has 0 bridgehead atoms. The number of likely N-dealkylation sites (N-methyl/N-ethyl adjacent to an activating group) is 1. The van der Waals surface area contributed by atoms with Gasteiger partial charge in [-0.3, -0.25) is 0 Å². The first kappa shape index (κ1) is 10.1. The topological polar surface area (TPSA) is 58.4 Å². The standard InChI is InChI=1S/C12H13N3O2/c1-7-14-9-4-3-8(5-11(9)17-7)10-6-13-12(16)15(10)2/h3-5,10H,6H2,1-2H3,(H,13,16). The zero-order valence-electron chi connectivity index (χ0n) is 9.73. The number of rotatable bonds is 1. The second-order valence-corrected chi connectivity index (χ2v) is 4.27. The first-order valence-corrected chi connectivity index (χ1v) is 5.53. The second-order valence-electron chi connectivity index (χ2n) is 4.27. The smallest absolute Gasteiger partial charge is 0.317 e. The molecular formula is C12H13N3O2. The minimum Gasteiger partial charge on any atom is -0.441 e. The minimum absolute atomic E-state index is 0.0381. The molecule has 1 unspecified atom stereocenters. The summed E-state index contributed by atoms with van der Waals surface area (Å²) in [6, 6.07) is 5.90. The van der Waals surface area contributed by atoms with Crippen LogP contribution in [-0.4, -0.2) is 29.5 Å². The molecule has 2 aromatic rings. The van der Waals surface area contributed by atoms with E-state index in [0.29, 0.717) is 12.4 Å². The number of hydrogen-bond acceptors (Lipinski definition) is 3. The molecule has 2 amide bonds. The predicted octanol–water partition coefficient (Wildman–Crippen LogP) is 1.83. The number of nitrogens with one attached hydrogen (secondary N) is 1. The molecule has 5 heteroatoms. The molecule has 0 saturated carbocycles. The number of nitrogens with zero attached hydrogens (tertiary/aromatic N) is 2. The van der Waals surface area contributed by atoms with Gasteiger partial charge in [-0.1, -0.05) is 6.07 Å². The number of hydrogen-bond donors (Lipinski definition) is 1. The molecule has 1 aromatic heterocycles. The SMILES string of the molecule is Cc1nc2ccc(C3CNC(=O)N3C)cc2o1. The van der Waals surface area contributed by atoms with Crippen molar-refractivity contribution in [2.75, 3.05) is 13.6 Å². The highest BCUT2D eigenvalue weighted by atomic mass is 16.3. The second kappa shape index (κ2) is 3.48. The largest absolute Gasteiger partial charge is 0.441 e. The quantitative estimate of drug-likeness (QED) is 0.814. The van der Waals surface area contributed by atoms with Crippen molar-refractivity contribution < 1.29 is 9.21 Å². The average molecular weight is 231 g/mol. The highest BCUT2D eigenvalue weighted by Gasteiger charge is 2.28. The number of benzene rings is 1. The summed E-state index contributed by atoms with van der Waals surface area (Å²) in [5.74, 6) is 0.658. The lowest BCUT2D eigenvalue weighted by atomic mass is 10.1. The number of carbonyl (C=O) groups is 1. The van der Waals surface area contributed by atoms with Gasteiger partial charge in [0.2, 0.25) is 0 Å². The number of amides is 2. The number of aromatic nitrogens is 1. The fraction of sp³-hybridized carbons (Fsp3) is 0.333. The Bertz CT molecular complexity index is 590. The summed E-state index contributed by atoms with van der Waals surface area (Å²) in [5, 5.41) is 2.81. The molecule has 1 saturated heterocycles. The molecular weight excluding hydrogens is 218 g/mol. The van der Waals surface area contributed by atoms with Crippen LogP contribution >= 0.6 is 0 Å². The molecule has 0 spiro atoms. The Labute approximate surface area is 98.4 Å². The maximum Gasteiger partial charge on any atom is 0.317 e. The van der Waals surface area contributed by atoms with Gasteiger partial charge in [0.05, 0.1) is 6.04 Å². The Morgan fingerprint density at radius 1 is 1.53 bits per heavy atom. The molecule has 5 nitrogen and oxygen atoms in total. The normalized spacial score (nSPS) is 20.0. The monoisotopic (exact) mass is 231 g/mol. The number of urea groups is 1. The Balaban J connectivity index is 2.03. The van der Waals surface area contributed by atoms with Crippen LogP contribution in [0, 0.1) is 6.92 Å². The molecule has 1 N–H and O–H groups in total. The Hall–Kier alpha value is -2.04. The molecule has 1 fully saturated rings. The fourth-order valence-corrected chi connectivity index (χ4v) is 2.19. The summed E-state index contributed by atoms with van der Waals surface area (Å²) in [5.41, 5.74) is 2.69. The summed E-state index contributed by atoms with van der Waals surface area (Å²) in [6.07, 6.45) is 0. The molecule has 1 aromatic carbocycles. The third-order valence-corrected chi connectivity index (χ3v) is 3.14. The Morgan fingerprint density at radius 2 is 2.35 bits per heavy atom. The lowest BCUT2D eigenvalue weighted by molar-refractivity contribution is 0.217. The van der Waals surface area contributed by atoms with Crippen LogP contribution in [0.15, 0.2) is 22.6 Å².